The molecule has 0 unspecified atom stereocenters. The maximum Gasteiger partial charge on any atom is 0.154 e. The second kappa shape index (κ2) is 5.57. The van der Waals surface area contributed by atoms with E-state index >= 15 is 0 Å². The highest BCUT2D eigenvalue weighted by Crippen LogP contribution is 2.33. The average Bonchev–Trinajstić information content (AvgIpc) is 2.40. The molecule has 3 heteroatoms. The predicted molar refractivity (Wildman–Crippen MR) is 75.6 cm³/mol. The summed E-state index contributed by atoms with van der Waals surface area (Å²) in [5.41, 5.74) is 1.25. The summed E-state index contributed by atoms with van der Waals surface area (Å²) in [4.78, 5) is 13.3. The van der Waals surface area contributed by atoms with E-state index in [2.05, 4.69) is 4.90 Å². The molecule has 1 heterocycles. The zero-order chi connectivity index (χ0) is 13.9. The SMILES string of the molecule is CC(=O)/C=C(/C)N1CCC(O)(c2ccccc2)CC1. The van der Waals surface area contributed by atoms with Gasteiger partial charge >= 0.3 is 0 Å². The number of carbonyl (C=O) groups is 1. The molecule has 0 aromatic heterocycles. The maximum atomic E-state index is 11.1. The molecule has 1 aromatic carbocycles. The summed E-state index contributed by atoms with van der Waals surface area (Å²) in [6.45, 7) is 5.07. The fourth-order valence-corrected chi connectivity index (χ4v) is 2.65. The lowest BCUT2D eigenvalue weighted by molar-refractivity contribution is -0.112. The molecule has 0 aliphatic carbocycles. The highest BCUT2D eigenvalue weighted by atomic mass is 16.3. The zero-order valence-corrected chi connectivity index (χ0v) is 11.6. The molecule has 0 spiro atoms. The predicted octanol–water partition coefficient (Wildman–Crippen LogP) is 2.46. The van der Waals surface area contributed by atoms with Gasteiger partial charge < -0.3 is 10.0 Å². The van der Waals surface area contributed by atoms with Crippen LogP contribution in [0.4, 0.5) is 0 Å². The minimum absolute atomic E-state index is 0.0707. The van der Waals surface area contributed by atoms with Crippen molar-refractivity contribution in [2.75, 3.05) is 13.1 Å². The van der Waals surface area contributed by atoms with Crippen molar-refractivity contribution in [2.24, 2.45) is 0 Å². The number of ketones is 1. The Labute approximate surface area is 114 Å². The Balaban J connectivity index is 2.05. The molecule has 1 saturated heterocycles. The van der Waals surface area contributed by atoms with E-state index in [0.717, 1.165) is 24.4 Å². The van der Waals surface area contributed by atoms with Crippen molar-refractivity contribution in [3.8, 4) is 0 Å². The van der Waals surface area contributed by atoms with E-state index in [0.29, 0.717) is 12.8 Å². The molecule has 102 valence electrons. The van der Waals surface area contributed by atoms with E-state index in [-0.39, 0.29) is 5.78 Å². The number of piperidine rings is 1. The molecule has 0 saturated carbocycles. The second-order valence-electron chi connectivity index (χ2n) is 5.28. The van der Waals surface area contributed by atoms with Crippen LogP contribution in [0.25, 0.3) is 0 Å². The molecule has 1 aliphatic heterocycles. The third-order valence-electron chi connectivity index (χ3n) is 3.81. The van der Waals surface area contributed by atoms with Gasteiger partial charge in [0, 0.05) is 18.8 Å². The summed E-state index contributed by atoms with van der Waals surface area (Å²) in [6.07, 6.45) is 3.05. The van der Waals surface area contributed by atoms with Gasteiger partial charge in [-0.25, -0.2) is 0 Å². The summed E-state index contributed by atoms with van der Waals surface area (Å²) in [7, 11) is 0. The molecule has 1 fully saturated rings. The van der Waals surface area contributed by atoms with Crippen molar-refractivity contribution < 1.29 is 9.90 Å². The molecule has 3 nitrogen and oxygen atoms in total. The minimum Gasteiger partial charge on any atom is -0.385 e. The maximum absolute atomic E-state index is 11.1. The summed E-state index contributed by atoms with van der Waals surface area (Å²) in [6, 6.07) is 9.84. The Bertz CT molecular complexity index is 471. The van der Waals surface area contributed by atoms with E-state index in [4.69, 9.17) is 0 Å². The van der Waals surface area contributed by atoms with Crippen molar-refractivity contribution in [2.45, 2.75) is 32.3 Å². The summed E-state index contributed by atoms with van der Waals surface area (Å²) in [5, 5.41) is 10.7. The number of nitrogens with zero attached hydrogens (tertiary/aromatic N) is 1. The third-order valence-corrected chi connectivity index (χ3v) is 3.81. The number of likely N-dealkylation sites (tertiary alicyclic amines) is 1. The van der Waals surface area contributed by atoms with Crippen LogP contribution in [0.2, 0.25) is 0 Å². The van der Waals surface area contributed by atoms with Gasteiger partial charge in [-0.2, -0.15) is 0 Å². The first-order chi connectivity index (χ1) is 9.01. The van der Waals surface area contributed by atoms with Gasteiger partial charge in [-0.05, 0) is 38.3 Å². The van der Waals surface area contributed by atoms with Gasteiger partial charge in [-0.1, -0.05) is 30.3 Å². The summed E-state index contributed by atoms with van der Waals surface area (Å²) >= 11 is 0. The Morgan fingerprint density at radius 1 is 1.21 bits per heavy atom. The highest BCUT2D eigenvalue weighted by Gasteiger charge is 2.33. The number of benzene rings is 1. The van der Waals surface area contributed by atoms with E-state index in [1.807, 2.05) is 37.3 Å². The minimum atomic E-state index is -0.728. The Morgan fingerprint density at radius 3 is 2.32 bits per heavy atom. The molecule has 1 aliphatic rings. The molecule has 2 rings (SSSR count). The van der Waals surface area contributed by atoms with Crippen molar-refractivity contribution in [1.82, 2.24) is 4.90 Å². The van der Waals surface area contributed by atoms with Gasteiger partial charge in [0.15, 0.2) is 5.78 Å². The van der Waals surface area contributed by atoms with E-state index in [1.165, 1.54) is 0 Å². The zero-order valence-electron chi connectivity index (χ0n) is 11.6. The lowest BCUT2D eigenvalue weighted by Crippen LogP contribution is -2.41. The van der Waals surface area contributed by atoms with Crippen LogP contribution in [-0.4, -0.2) is 28.9 Å². The lowest BCUT2D eigenvalue weighted by Gasteiger charge is -2.40. The standard InChI is InChI=1S/C16H21NO2/c1-13(12-14(2)18)17-10-8-16(19,9-11-17)15-6-4-3-5-7-15/h3-7,12,19H,8-11H2,1-2H3/b13-12-. The molecular formula is C16H21NO2. The summed E-state index contributed by atoms with van der Waals surface area (Å²) in [5.74, 6) is 0.0707. The number of rotatable bonds is 3. The van der Waals surface area contributed by atoms with Gasteiger partial charge in [0.2, 0.25) is 0 Å². The normalized spacial score (nSPS) is 19.3. The van der Waals surface area contributed by atoms with Gasteiger partial charge in [-0.3, -0.25) is 4.79 Å². The van der Waals surface area contributed by atoms with Crippen LogP contribution in [0, 0.1) is 0 Å². The molecule has 0 amide bonds. The van der Waals surface area contributed by atoms with Crippen LogP contribution in [0.1, 0.15) is 32.3 Å². The number of hydrogen-bond acceptors (Lipinski definition) is 3. The van der Waals surface area contributed by atoms with Crippen LogP contribution in [0.3, 0.4) is 0 Å². The lowest BCUT2D eigenvalue weighted by atomic mass is 9.84. The average molecular weight is 259 g/mol. The highest BCUT2D eigenvalue weighted by molar-refractivity contribution is 5.87. The number of hydrogen-bond donors (Lipinski definition) is 1. The topological polar surface area (TPSA) is 40.5 Å². The van der Waals surface area contributed by atoms with Crippen LogP contribution in [0.5, 0.6) is 0 Å². The van der Waals surface area contributed by atoms with Crippen molar-refractivity contribution in [3.05, 3.63) is 47.7 Å². The Morgan fingerprint density at radius 2 is 1.79 bits per heavy atom. The van der Waals surface area contributed by atoms with E-state index in [9.17, 15) is 9.90 Å². The van der Waals surface area contributed by atoms with Crippen molar-refractivity contribution in [1.29, 1.82) is 0 Å². The van der Waals surface area contributed by atoms with Crippen LogP contribution in [0.15, 0.2) is 42.1 Å². The molecule has 0 atom stereocenters. The smallest absolute Gasteiger partial charge is 0.154 e. The second-order valence-corrected chi connectivity index (χ2v) is 5.28. The van der Waals surface area contributed by atoms with Gasteiger partial charge in [-0.15, -0.1) is 0 Å². The van der Waals surface area contributed by atoms with Gasteiger partial charge in [0.25, 0.3) is 0 Å². The van der Waals surface area contributed by atoms with Gasteiger partial charge in [0.05, 0.1) is 5.60 Å². The molecule has 0 bridgehead atoms. The largest absolute Gasteiger partial charge is 0.385 e. The Hall–Kier alpha value is -1.61. The number of allylic oxidation sites excluding steroid dienone is 2. The fraction of sp³-hybridized carbons (Fsp3) is 0.438. The Kier molecular flexibility index (Phi) is 4.05. The molecule has 19 heavy (non-hydrogen) atoms. The first kappa shape index (κ1) is 13.8. The van der Waals surface area contributed by atoms with Crippen LogP contribution < -0.4 is 0 Å². The number of carbonyl (C=O) groups excluding carboxylic acids is 1. The van der Waals surface area contributed by atoms with Crippen LogP contribution in [-0.2, 0) is 10.4 Å². The van der Waals surface area contributed by atoms with Gasteiger partial charge in [0.1, 0.15) is 0 Å². The summed E-state index contributed by atoms with van der Waals surface area (Å²) < 4.78 is 0. The molecule has 1 N–H and O–H groups in total. The fourth-order valence-electron chi connectivity index (χ4n) is 2.65. The quantitative estimate of drug-likeness (QED) is 0.848. The molecule has 1 aromatic rings. The van der Waals surface area contributed by atoms with Crippen molar-refractivity contribution in [3.63, 3.8) is 0 Å². The monoisotopic (exact) mass is 259 g/mol. The van der Waals surface area contributed by atoms with E-state index < -0.39 is 5.60 Å². The van der Waals surface area contributed by atoms with Crippen LogP contribution >= 0.6 is 0 Å². The molecule has 0 radical (unpaired) electrons. The third kappa shape index (κ3) is 3.24. The molecular weight excluding hydrogens is 238 g/mol. The first-order valence-electron chi connectivity index (χ1n) is 6.73. The van der Waals surface area contributed by atoms with E-state index in [1.54, 1.807) is 13.0 Å². The van der Waals surface area contributed by atoms with Crippen molar-refractivity contribution >= 4 is 5.78 Å². The number of aliphatic hydroxyl groups is 1. The first-order valence-corrected chi connectivity index (χ1v) is 6.73.